The van der Waals surface area contributed by atoms with Crippen molar-refractivity contribution in [2.24, 2.45) is 0 Å². The van der Waals surface area contributed by atoms with Crippen LogP contribution in [0.5, 0.6) is 0 Å². The Kier molecular flexibility index (Phi) is 2.64. The quantitative estimate of drug-likeness (QED) is 0.667. The Morgan fingerprint density at radius 2 is 2.06 bits per heavy atom. The van der Waals surface area contributed by atoms with Crippen LogP contribution in [0.1, 0.15) is 17.3 Å². The summed E-state index contributed by atoms with van der Waals surface area (Å²) in [5.41, 5.74) is 2.42. The molecule has 4 nitrogen and oxygen atoms in total. The number of benzene rings is 1. The third-order valence-corrected chi connectivity index (χ3v) is 2.88. The maximum Gasteiger partial charge on any atom is 0.223 e. The van der Waals surface area contributed by atoms with Gasteiger partial charge in [-0.15, -0.1) is 0 Å². The molecule has 0 unspecified atom stereocenters. The standard InChI is InChI=1S/C12H14N2O2/c1-9(16)14-6-5-13(2)11-4-3-10(8-15)7-12(11)14/h3-4,7-8H,5-6H2,1-2H3. The zero-order valence-electron chi connectivity index (χ0n) is 9.43. The van der Waals surface area contributed by atoms with Crippen molar-refractivity contribution in [2.45, 2.75) is 6.92 Å². The monoisotopic (exact) mass is 218 g/mol. The van der Waals surface area contributed by atoms with Gasteiger partial charge < -0.3 is 9.80 Å². The van der Waals surface area contributed by atoms with Gasteiger partial charge in [-0.3, -0.25) is 9.59 Å². The largest absolute Gasteiger partial charge is 0.371 e. The summed E-state index contributed by atoms with van der Waals surface area (Å²) in [6, 6.07) is 5.42. The van der Waals surface area contributed by atoms with E-state index < -0.39 is 0 Å². The summed E-state index contributed by atoms with van der Waals surface area (Å²) in [4.78, 5) is 26.0. The van der Waals surface area contributed by atoms with Gasteiger partial charge >= 0.3 is 0 Å². The highest BCUT2D eigenvalue weighted by Crippen LogP contribution is 2.32. The first-order valence-electron chi connectivity index (χ1n) is 5.22. The minimum absolute atomic E-state index is 0.0115. The fourth-order valence-corrected chi connectivity index (χ4v) is 1.97. The molecule has 16 heavy (non-hydrogen) atoms. The lowest BCUT2D eigenvalue weighted by Crippen LogP contribution is -2.41. The van der Waals surface area contributed by atoms with Gasteiger partial charge in [0.2, 0.25) is 5.91 Å². The number of nitrogens with zero attached hydrogens (tertiary/aromatic N) is 2. The lowest BCUT2D eigenvalue weighted by Gasteiger charge is -2.35. The minimum Gasteiger partial charge on any atom is -0.371 e. The van der Waals surface area contributed by atoms with E-state index in [-0.39, 0.29) is 5.91 Å². The van der Waals surface area contributed by atoms with Gasteiger partial charge in [0.15, 0.2) is 0 Å². The van der Waals surface area contributed by atoms with Crippen LogP contribution in [0, 0.1) is 0 Å². The molecule has 0 saturated heterocycles. The number of hydrogen-bond donors (Lipinski definition) is 0. The molecule has 0 N–H and O–H groups in total. The summed E-state index contributed by atoms with van der Waals surface area (Å²) >= 11 is 0. The number of fused-ring (bicyclic) bond motifs is 1. The van der Waals surface area contributed by atoms with Crippen molar-refractivity contribution in [3.8, 4) is 0 Å². The molecule has 0 atom stereocenters. The Morgan fingerprint density at radius 1 is 1.31 bits per heavy atom. The molecule has 1 aromatic carbocycles. The van der Waals surface area contributed by atoms with Crippen molar-refractivity contribution in [1.82, 2.24) is 0 Å². The molecular weight excluding hydrogens is 204 g/mol. The number of carbonyl (C=O) groups is 2. The summed E-state index contributed by atoms with van der Waals surface area (Å²) in [5.74, 6) is 0.0115. The van der Waals surface area contributed by atoms with Crippen LogP contribution in [0.3, 0.4) is 0 Å². The Hall–Kier alpha value is -1.84. The zero-order chi connectivity index (χ0) is 11.7. The summed E-state index contributed by atoms with van der Waals surface area (Å²) < 4.78 is 0. The van der Waals surface area contributed by atoms with E-state index in [2.05, 4.69) is 4.90 Å². The van der Waals surface area contributed by atoms with Crippen LogP contribution < -0.4 is 9.80 Å². The average molecular weight is 218 g/mol. The molecule has 2 rings (SSSR count). The summed E-state index contributed by atoms with van der Waals surface area (Å²) in [5, 5.41) is 0. The van der Waals surface area contributed by atoms with Crippen molar-refractivity contribution in [1.29, 1.82) is 0 Å². The van der Waals surface area contributed by atoms with E-state index in [1.807, 2.05) is 13.1 Å². The van der Waals surface area contributed by atoms with Gasteiger partial charge in [-0.1, -0.05) is 0 Å². The molecule has 0 spiro atoms. The van der Waals surface area contributed by atoms with Gasteiger partial charge in [-0.25, -0.2) is 0 Å². The molecule has 1 amide bonds. The van der Waals surface area contributed by atoms with Crippen LogP contribution in [0.2, 0.25) is 0 Å². The predicted molar refractivity (Wildman–Crippen MR) is 63.1 cm³/mol. The lowest BCUT2D eigenvalue weighted by atomic mass is 10.1. The zero-order valence-corrected chi connectivity index (χ0v) is 9.43. The fourth-order valence-electron chi connectivity index (χ4n) is 1.97. The van der Waals surface area contributed by atoms with Gasteiger partial charge in [0, 0.05) is 32.6 Å². The normalized spacial score (nSPS) is 14.6. The fraction of sp³-hybridized carbons (Fsp3) is 0.333. The van der Waals surface area contributed by atoms with Gasteiger partial charge in [0.05, 0.1) is 11.4 Å². The van der Waals surface area contributed by atoms with Gasteiger partial charge in [-0.05, 0) is 18.2 Å². The molecule has 1 aliphatic rings. The van der Waals surface area contributed by atoms with Gasteiger partial charge in [0.25, 0.3) is 0 Å². The molecular formula is C12H14N2O2. The third kappa shape index (κ3) is 1.66. The number of rotatable bonds is 1. The molecule has 1 heterocycles. The van der Waals surface area contributed by atoms with Crippen LogP contribution in [0.4, 0.5) is 11.4 Å². The van der Waals surface area contributed by atoms with E-state index in [0.29, 0.717) is 12.1 Å². The van der Waals surface area contributed by atoms with Crippen molar-refractivity contribution in [2.75, 3.05) is 29.9 Å². The molecule has 0 fully saturated rings. The van der Waals surface area contributed by atoms with E-state index >= 15 is 0 Å². The molecule has 0 saturated carbocycles. The molecule has 0 bridgehead atoms. The van der Waals surface area contributed by atoms with Crippen LogP contribution in [-0.4, -0.2) is 32.3 Å². The maximum atomic E-state index is 11.5. The van der Waals surface area contributed by atoms with Crippen molar-refractivity contribution >= 4 is 23.6 Å². The first kappa shape index (κ1) is 10.7. The molecule has 1 aliphatic heterocycles. The molecule has 4 heteroatoms. The summed E-state index contributed by atoms with van der Waals surface area (Å²) in [6.07, 6.45) is 0.799. The number of anilines is 2. The topological polar surface area (TPSA) is 40.6 Å². The molecule has 1 aromatic rings. The molecule has 0 aliphatic carbocycles. The third-order valence-electron chi connectivity index (χ3n) is 2.88. The summed E-state index contributed by atoms with van der Waals surface area (Å²) in [7, 11) is 1.98. The molecule has 0 radical (unpaired) electrons. The Balaban J connectivity index is 2.53. The highest BCUT2D eigenvalue weighted by molar-refractivity contribution is 5.97. The number of amides is 1. The second-order valence-corrected chi connectivity index (χ2v) is 3.96. The summed E-state index contributed by atoms with van der Waals surface area (Å²) in [6.45, 7) is 3.02. The van der Waals surface area contributed by atoms with E-state index in [0.717, 1.165) is 24.2 Å². The highest BCUT2D eigenvalue weighted by atomic mass is 16.2. The molecule has 0 aromatic heterocycles. The average Bonchev–Trinajstić information content (AvgIpc) is 2.28. The van der Waals surface area contributed by atoms with Crippen molar-refractivity contribution in [3.63, 3.8) is 0 Å². The van der Waals surface area contributed by atoms with Crippen LogP contribution in [0.25, 0.3) is 0 Å². The number of hydrogen-bond acceptors (Lipinski definition) is 3. The van der Waals surface area contributed by atoms with Crippen molar-refractivity contribution in [3.05, 3.63) is 23.8 Å². The Bertz CT molecular complexity index is 443. The van der Waals surface area contributed by atoms with E-state index in [1.54, 1.807) is 24.0 Å². The Labute approximate surface area is 94.5 Å². The number of likely N-dealkylation sites (N-methyl/N-ethyl adjacent to an activating group) is 1. The van der Waals surface area contributed by atoms with Crippen molar-refractivity contribution < 1.29 is 9.59 Å². The van der Waals surface area contributed by atoms with Crippen LogP contribution >= 0.6 is 0 Å². The van der Waals surface area contributed by atoms with E-state index in [4.69, 9.17) is 0 Å². The van der Waals surface area contributed by atoms with E-state index in [1.165, 1.54) is 0 Å². The maximum absolute atomic E-state index is 11.5. The second kappa shape index (κ2) is 3.96. The SMILES string of the molecule is CC(=O)N1CCN(C)c2ccc(C=O)cc21. The van der Waals surface area contributed by atoms with Gasteiger partial charge in [0.1, 0.15) is 6.29 Å². The number of aldehydes is 1. The number of carbonyl (C=O) groups excluding carboxylic acids is 2. The highest BCUT2D eigenvalue weighted by Gasteiger charge is 2.22. The first-order chi connectivity index (χ1) is 7.63. The van der Waals surface area contributed by atoms with Crippen LogP contribution in [-0.2, 0) is 4.79 Å². The van der Waals surface area contributed by atoms with Gasteiger partial charge in [-0.2, -0.15) is 0 Å². The predicted octanol–water partition coefficient (Wildman–Crippen LogP) is 1.30. The minimum atomic E-state index is 0.0115. The van der Waals surface area contributed by atoms with Crippen LogP contribution in [0.15, 0.2) is 18.2 Å². The molecule has 84 valence electrons. The lowest BCUT2D eigenvalue weighted by molar-refractivity contribution is -0.116. The first-order valence-corrected chi connectivity index (χ1v) is 5.22. The smallest absolute Gasteiger partial charge is 0.223 e. The second-order valence-electron chi connectivity index (χ2n) is 3.96. The Morgan fingerprint density at radius 3 is 2.69 bits per heavy atom. The van der Waals surface area contributed by atoms with E-state index in [9.17, 15) is 9.59 Å².